The normalized spacial score (nSPS) is 11.8. The molecule has 1 amide bonds. The van der Waals surface area contributed by atoms with Crippen molar-refractivity contribution >= 4 is 6.09 Å². The van der Waals surface area contributed by atoms with E-state index in [9.17, 15) is 4.79 Å². The second-order valence-corrected chi connectivity index (χ2v) is 5.99. The molecule has 0 fully saturated rings. The minimum absolute atomic E-state index is 0.0514. The van der Waals surface area contributed by atoms with Gasteiger partial charge in [0, 0.05) is 19.6 Å². The minimum Gasteiger partial charge on any atom is -0.449 e. The molecule has 0 spiro atoms. The molecule has 0 aliphatic rings. The van der Waals surface area contributed by atoms with Crippen LogP contribution in [0, 0.1) is 0 Å². The monoisotopic (exact) mass is 351 g/mol. The lowest BCUT2D eigenvalue weighted by molar-refractivity contribution is 0.135. The molecule has 0 aromatic heterocycles. The molecular formula is C21H37NO3. The molecule has 0 heterocycles. The Kier molecular flexibility index (Phi) is 19.2. The molecular weight excluding hydrogens is 314 g/mol. The van der Waals surface area contributed by atoms with Gasteiger partial charge in [0.2, 0.25) is 0 Å². The van der Waals surface area contributed by atoms with Gasteiger partial charge in [-0.25, -0.2) is 4.79 Å². The first kappa shape index (κ1) is 23.4. The number of hydrogen-bond acceptors (Lipinski definition) is 3. The van der Waals surface area contributed by atoms with Crippen LogP contribution in [0.25, 0.3) is 0 Å². The fourth-order valence-electron chi connectivity index (χ4n) is 2.21. The molecule has 0 aliphatic carbocycles. The number of alkyl carbamates (subject to hydrolysis) is 1. The third-order valence-electron chi connectivity index (χ3n) is 3.63. The molecule has 4 nitrogen and oxygen atoms in total. The van der Waals surface area contributed by atoms with E-state index in [1.807, 2.05) is 0 Å². The lowest BCUT2D eigenvalue weighted by atomic mass is 10.1. The number of ether oxygens (including phenoxy) is 1. The van der Waals surface area contributed by atoms with Crippen molar-refractivity contribution in [3.8, 4) is 0 Å². The molecule has 144 valence electrons. The van der Waals surface area contributed by atoms with E-state index < -0.39 is 0 Å². The quantitative estimate of drug-likeness (QED) is 0.293. The second-order valence-electron chi connectivity index (χ2n) is 5.99. The summed E-state index contributed by atoms with van der Waals surface area (Å²) < 4.78 is 4.88. The first-order valence-electron chi connectivity index (χ1n) is 9.77. The summed E-state index contributed by atoms with van der Waals surface area (Å²) >= 11 is 0. The lowest BCUT2D eigenvalue weighted by Gasteiger charge is -2.06. The molecule has 0 aromatic carbocycles. The second kappa shape index (κ2) is 20.5. The highest BCUT2D eigenvalue weighted by Crippen LogP contribution is 2.06. The molecule has 0 saturated heterocycles. The first-order chi connectivity index (χ1) is 12.3. The predicted molar refractivity (Wildman–Crippen MR) is 106 cm³/mol. The fraction of sp³-hybridized carbons (Fsp3) is 0.667. The van der Waals surface area contributed by atoms with Crippen LogP contribution in [0.1, 0.15) is 71.1 Å². The lowest BCUT2D eigenvalue weighted by Crippen LogP contribution is -2.25. The zero-order valence-corrected chi connectivity index (χ0v) is 15.9. The Morgan fingerprint density at radius 2 is 1.52 bits per heavy atom. The van der Waals surface area contributed by atoms with E-state index in [2.05, 4.69) is 48.7 Å². The molecule has 0 bridgehead atoms. The maximum absolute atomic E-state index is 11.2. The van der Waals surface area contributed by atoms with E-state index in [0.717, 1.165) is 38.5 Å². The number of rotatable bonds is 16. The standard InChI is InChI=1S/C21H37NO3/c1-2-3-4-5-6-7-8-9-10-11-12-13-14-15-16-18-22-21(24)25-20-17-19-23/h3-4,6-7,9-10,23H,2,5,8,11-20H2,1H3,(H,22,24)/b4-3-,7-6-,10-9-. The average Bonchev–Trinajstić information content (AvgIpc) is 2.61. The molecule has 0 unspecified atom stereocenters. The van der Waals surface area contributed by atoms with Gasteiger partial charge in [-0.2, -0.15) is 0 Å². The zero-order valence-electron chi connectivity index (χ0n) is 15.9. The van der Waals surface area contributed by atoms with Crippen LogP contribution in [0.2, 0.25) is 0 Å². The topological polar surface area (TPSA) is 58.6 Å². The van der Waals surface area contributed by atoms with Crippen molar-refractivity contribution < 1.29 is 14.6 Å². The highest BCUT2D eigenvalue weighted by atomic mass is 16.5. The van der Waals surface area contributed by atoms with Crippen molar-refractivity contribution in [1.29, 1.82) is 0 Å². The van der Waals surface area contributed by atoms with Gasteiger partial charge in [-0.3, -0.25) is 0 Å². The fourth-order valence-corrected chi connectivity index (χ4v) is 2.21. The van der Waals surface area contributed by atoms with Crippen molar-refractivity contribution in [2.75, 3.05) is 19.8 Å². The number of aliphatic hydroxyl groups is 1. The molecule has 0 atom stereocenters. The van der Waals surface area contributed by atoms with Gasteiger partial charge in [-0.1, -0.05) is 62.6 Å². The summed E-state index contributed by atoms with van der Waals surface area (Å²) in [4.78, 5) is 11.2. The summed E-state index contributed by atoms with van der Waals surface area (Å²) in [5.41, 5.74) is 0. The number of unbranched alkanes of at least 4 members (excludes halogenated alkanes) is 5. The molecule has 0 aromatic rings. The van der Waals surface area contributed by atoms with E-state index in [1.165, 1.54) is 19.3 Å². The molecule has 0 rings (SSSR count). The van der Waals surface area contributed by atoms with E-state index in [4.69, 9.17) is 9.84 Å². The van der Waals surface area contributed by atoms with Crippen LogP contribution in [0.4, 0.5) is 4.79 Å². The third kappa shape index (κ3) is 20.4. The van der Waals surface area contributed by atoms with E-state index >= 15 is 0 Å². The predicted octanol–water partition coefficient (Wildman–Crippen LogP) is 5.29. The van der Waals surface area contributed by atoms with Gasteiger partial charge < -0.3 is 15.2 Å². The summed E-state index contributed by atoms with van der Waals surface area (Å²) in [5.74, 6) is 0. The van der Waals surface area contributed by atoms with Gasteiger partial charge in [0.15, 0.2) is 0 Å². The van der Waals surface area contributed by atoms with Gasteiger partial charge in [0.1, 0.15) is 0 Å². The van der Waals surface area contributed by atoms with Gasteiger partial charge in [0.25, 0.3) is 0 Å². The van der Waals surface area contributed by atoms with Crippen LogP contribution in [0.5, 0.6) is 0 Å². The van der Waals surface area contributed by atoms with Crippen molar-refractivity contribution in [3.63, 3.8) is 0 Å². The van der Waals surface area contributed by atoms with E-state index in [1.54, 1.807) is 0 Å². The highest BCUT2D eigenvalue weighted by molar-refractivity contribution is 5.66. The van der Waals surface area contributed by atoms with Gasteiger partial charge in [0.05, 0.1) is 6.61 Å². The molecule has 4 heteroatoms. The molecule has 0 aliphatic heterocycles. The summed E-state index contributed by atoms with van der Waals surface area (Å²) in [6, 6.07) is 0. The number of nitrogens with one attached hydrogen (secondary N) is 1. The minimum atomic E-state index is -0.381. The average molecular weight is 352 g/mol. The summed E-state index contributed by atoms with van der Waals surface area (Å²) in [5, 5.41) is 11.3. The first-order valence-corrected chi connectivity index (χ1v) is 9.77. The summed E-state index contributed by atoms with van der Waals surface area (Å²) in [6.45, 7) is 3.15. The SMILES string of the molecule is CC/C=C\C/C=C\C/C=C\CCCCCCCNC(=O)OCCCO. The number of hydrogen-bond donors (Lipinski definition) is 2. The number of aliphatic hydroxyl groups excluding tert-OH is 1. The van der Waals surface area contributed by atoms with Crippen LogP contribution in [-0.4, -0.2) is 31.0 Å². The number of allylic oxidation sites excluding steroid dienone is 6. The zero-order chi connectivity index (χ0) is 18.4. The van der Waals surface area contributed by atoms with Crippen molar-refractivity contribution in [1.82, 2.24) is 5.32 Å². The Morgan fingerprint density at radius 3 is 2.24 bits per heavy atom. The molecule has 25 heavy (non-hydrogen) atoms. The van der Waals surface area contributed by atoms with E-state index in [-0.39, 0.29) is 19.3 Å². The van der Waals surface area contributed by atoms with Gasteiger partial charge in [-0.15, -0.1) is 0 Å². The van der Waals surface area contributed by atoms with Crippen LogP contribution in [-0.2, 0) is 4.74 Å². The number of carbonyl (C=O) groups is 1. The van der Waals surface area contributed by atoms with Crippen molar-refractivity contribution in [2.45, 2.75) is 71.1 Å². The van der Waals surface area contributed by atoms with Crippen LogP contribution < -0.4 is 5.32 Å². The smallest absolute Gasteiger partial charge is 0.407 e. The summed E-state index contributed by atoms with van der Waals surface area (Å²) in [7, 11) is 0. The van der Waals surface area contributed by atoms with E-state index in [0.29, 0.717) is 13.0 Å². The Balaban J connectivity index is 3.26. The van der Waals surface area contributed by atoms with Crippen molar-refractivity contribution in [2.24, 2.45) is 0 Å². The largest absolute Gasteiger partial charge is 0.449 e. The maximum Gasteiger partial charge on any atom is 0.407 e. The van der Waals surface area contributed by atoms with Crippen LogP contribution >= 0.6 is 0 Å². The molecule has 0 saturated carbocycles. The summed E-state index contributed by atoms with van der Waals surface area (Å²) in [6.07, 6.45) is 23.6. The Labute approximate surface area is 154 Å². The number of amides is 1. The maximum atomic E-state index is 11.2. The van der Waals surface area contributed by atoms with Crippen LogP contribution in [0.3, 0.4) is 0 Å². The van der Waals surface area contributed by atoms with Gasteiger partial charge in [-0.05, 0) is 38.5 Å². The third-order valence-corrected chi connectivity index (χ3v) is 3.63. The Bertz CT molecular complexity index is 375. The highest BCUT2D eigenvalue weighted by Gasteiger charge is 1.99. The Hall–Kier alpha value is -1.55. The van der Waals surface area contributed by atoms with Crippen molar-refractivity contribution in [3.05, 3.63) is 36.5 Å². The van der Waals surface area contributed by atoms with Gasteiger partial charge >= 0.3 is 6.09 Å². The van der Waals surface area contributed by atoms with Crippen LogP contribution in [0.15, 0.2) is 36.5 Å². The molecule has 0 radical (unpaired) electrons. The molecule has 2 N–H and O–H groups in total. The Morgan fingerprint density at radius 1 is 0.880 bits per heavy atom. The number of carbonyl (C=O) groups excluding carboxylic acids is 1.